The van der Waals surface area contributed by atoms with Crippen LogP contribution in [0.4, 0.5) is 0 Å². The molecule has 0 atom stereocenters. The monoisotopic (exact) mass is 216 g/mol. The van der Waals surface area contributed by atoms with Crippen LogP contribution in [0.2, 0.25) is 0 Å². The van der Waals surface area contributed by atoms with E-state index < -0.39 is 5.97 Å². The molecule has 0 aromatic carbocycles. The van der Waals surface area contributed by atoms with Crippen LogP contribution >= 0.6 is 22.9 Å². The van der Waals surface area contributed by atoms with Gasteiger partial charge in [-0.2, -0.15) is 0 Å². The van der Waals surface area contributed by atoms with Crippen molar-refractivity contribution in [3.8, 4) is 0 Å². The second-order valence-corrected chi connectivity index (χ2v) is 4.03. The zero-order valence-corrected chi connectivity index (χ0v) is 8.65. The van der Waals surface area contributed by atoms with E-state index in [0.717, 1.165) is 17.4 Å². The summed E-state index contributed by atoms with van der Waals surface area (Å²) in [7, 11) is 0. The van der Waals surface area contributed by atoms with Crippen LogP contribution < -0.4 is 0 Å². The SMILES string of the molecule is CCc1ccc(/C(Cl)=C/C(=O)O)s1. The summed E-state index contributed by atoms with van der Waals surface area (Å²) in [6, 6.07) is 3.79. The smallest absolute Gasteiger partial charge is 0.329 e. The highest BCUT2D eigenvalue weighted by Crippen LogP contribution is 2.27. The molecule has 13 heavy (non-hydrogen) atoms. The van der Waals surface area contributed by atoms with Crippen molar-refractivity contribution < 1.29 is 9.90 Å². The molecular formula is C9H9ClO2S. The van der Waals surface area contributed by atoms with E-state index in [1.54, 1.807) is 0 Å². The topological polar surface area (TPSA) is 37.3 Å². The van der Waals surface area contributed by atoms with Crippen molar-refractivity contribution in [1.82, 2.24) is 0 Å². The van der Waals surface area contributed by atoms with Crippen molar-refractivity contribution in [2.75, 3.05) is 0 Å². The molecule has 2 nitrogen and oxygen atoms in total. The lowest BCUT2D eigenvalue weighted by molar-refractivity contribution is -0.131. The Kier molecular flexibility index (Phi) is 3.51. The molecule has 1 N–H and O–H groups in total. The number of hydrogen-bond donors (Lipinski definition) is 1. The summed E-state index contributed by atoms with van der Waals surface area (Å²) in [5.74, 6) is -1.02. The van der Waals surface area contributed by atoms with Crippen LogP contribution in [0.15, 0.2) is 18.2 Å². The first-order valence-corrected chi connectivity index (χ1v) is 5.02. The first kappa shape index (κ1) is 10.3. The minimum absolute atomic E-state index is 0.289. The summed E-state index contributed by atoms with van der Waals surface area (Å²) in [6.07, 6.45) is 1.95. The molecule has 0 aliphatic carbocycles. The standard InChI is InChI=1S/C9H9ClO2S/c1-2-6-3-4-8(13-6)7(10)5-9(11)12/h3-5H,2H2,1H3,(H,11,12)/b7-5-. The first-order valence-electron chi connectivity index (χ1n) is 3.82. The minimum Gasteiger partial charge on any atom is -0.478 e. The van der Waals surface area contributed by atoms with E-state index in [2.05, 4.69) is 0 Å². The molecule has 4 heteroatoms. The van der Waals surface area contributed by atoms with Crippen LogP contribution in [-0.2, 0) is 11.2 Å². The van der Waals surface area contributed by atoms with Gasteiger partial charge >= 0.3 is 5.97 Å². The fourth-order valence-corrected chi connectivity index (χ4v) is 2.00. The van der Waals surface area contributed by atoms with Crippen molar-refractivity contribution in [3.63, 3.8) is 0 Å². The molecule has 0 aliphatic rings. The average molecular weight is 217 g/mol. The molecule has 0 bridgehead atoms. The summed E-state index contributed by atoms with van der Waals surface area (Å²) in [6.45, 7) is 2.05. The molecule has 70 valence electrons. The molecule has 0 unspecified atom stereocenters. The Hall–Kier alpha value is -0.800. The molecule has 1 aromatic heterocycles. The molecule has 0 spiro atoms. The number of carboxylic acid groups (broad SMARTS) is 1. The molecule has 0 amide bonds. The number of halogens is 1. The van der Waals surface area contributed by atoms with E-state index in [9.17, 15) is 4.79 Å². The predicted molar refractivity (Wildman–Crippen MR) is 55.2 cm³/mol. The van der Waals surface area contributed by atoms with Gasteiger partial charge in [-0.15, -0.1) is 11.3 Å². The van der Waals surface area contributed by atoms with Crippen LogP contribution in [0.1, 0.15) is 16.7 Å². The minimum atomic E-state index is -1.02. The molecular weight excluding hydrogens is 208 g/mol. The third kappa shape index (κ3) is 2.86. The fraction of sp³-hybridized carbons (Fsp3) is 0.222. The second kappa shape index (κ2) is 4.44. The Bertz CT molecular complexity index is 341. The van der Waals surface area contributed by atoms with Gasteiger partial charge in [-0.1, -0.05) is 18.5 Å². The number of hydrogen-bond acceptors (Lipinski definition) is 2. The summed E-state index contributed by atoms with van der Waals surface area (Å²) >= 11 is 7.28. The van der Waals surface area contributed by atoms with Crippen LogP contribution in [0, 0.1) is 0 Å². The highest BCUT2D eigenvalue weighted by atomic mass is 35.5. The van der Waals surface area contributed by atoms with Gasteiger partial charge in [0.15, 0.2) is 0 Å². The summed E-state index contributed by atoms with van der Waals surface area (Å²) in [5.41, 5.74) is 0. The van der Waals surface area contributed by atoms with Gasteiger partial charge in [0.25, 0.3) is 0 Å². The van der Waals surface area contributed by atoms with Gasteiger partial charge in [0.1, 0.15) is 0 Å². The van der Waals surface area contributed by atoms with Gasteiger partial charge in [0.05, 0.1) is 5.03 Å². The maximum absolute atomic E-state index is 10.3. The maximum atomic E-state index is 10.3. The fourth-order valence-electron chi connectivity index (χ4n) is 0.876. The summed E-state index contributed by atoms with van der Waals surface area (Å²) in [4.78, 5) is 12.3. The molecule has 1 aromatic rings. The largest absolute Gasteiger partial charge is 0.478 e. The lowest BCUT2D eigenvalue weighted by Gasteiger charge is -1.90. The lowest BCUT2D eigenvalue weighted by atomic mass is 10.3. The van der Waals surface area contributed by atoms with Crippen LogP contribution in [0.25, 0.3) is 5.03 Å². The van der Waals surface area contributed by atoms with Crippen LogP contribution in [0.5, 0.6) is 0 Å². The summed E-state index contributed by atoms with van der Waals surface area (Å²) in [5, 5.41) is 8.74. The second-order valence-electron chi connectivity index (χ2n) is 2.45. The van der Waals surface area contributed by atoms with Crippen LogP contribution in [-0.4, -0.2) is 11.1 Å². The first-order chi connectivity index (χ1) is 6.13. The van der Waals surface area contributed by atoms with Gasteiger partial charge in [-0.05, 0) is 18.6 Å². The number of aliphatic carboxylic acids is 1. The Balaban J connectivity index is 2.88. The Morgan fingerprint density at radius 1 is 1.69 bits per heavy atom. The van der Waals surface area contributed by atoms with Gasteiger partial charge in [0.2, 0.25) is 0 Å². The quantitative estimate of drug-likeness (QED) is 0.789. The predicted octanol–water partition coefficient (Wildman–Crippen LogP) is 2.97. The van der Waals surface area contributed by atoms with E-state index in [1.807, 2.05) is 19.1 Å². The van der Waals surface area contributed by atoms with E-state index >= 15 is 0 Å². The average Bonchev–Trinajstić information content (AvgIpc) is 2.50. The molecule has 0 saturated carbocycles. The maximum Gasteiger partial charge on any atom is 0.329 e. The Morgan fingerprint density at radius 3 is 2.85 bits per heavy atom. The van der Waals surface area contributed by atoms with E-state index in [0.29, 0.717) is 0 Å². The number of carboxylic acids is 1. The van der Waals surface area contributed by atoms with E-state index in [-0.39, 0.29) is 5.03 Å². The van der Waals surface area contributed by atoms with Gasteiger partial charge < -0.3 is 5.11 Å². The number of carbonyl (C=O) groups is 1. The third-order valence-electron chi connectivity index (χ3n) is 1.50. The molecule has 0 radical (unpaired) electrons. The molecule has 0 aliphatic heterocycles. The number of rotatable bonds is 3. The highest BCUT2D eigenvalue weighted by molar-refractivity contribution is 7.13. The van der Waals surface area contributed by atoms with Crippen molar-refractivity contribution >= 4 is 33.9 Å². The third-order valence-corrected chi connectivity index (χ3v) is 3.18. The van der Waals surface area contributed by atoms with Gasteiger partial charge in [-0.3, -0.25) is 0 Å². The molecule has 0 fully saturated rings. The van der Waals surface area contributed by atoms with E-state index in [1.165, 1.54) is 16.2 Å². The molecule has 1 heterocycles. The zero-order valence-electron chi connectivity index (χ0n) is 7.08. The van der Waals surface area contributed by atoms with Gasteiger partial charge in [0, 0.05) is 15.8 Å². The summed E-state index contributed by atoms with van der Waals surface area (Å²) < 4.78 is 0. The molecule has 0 saturated heterocycles. The van der Waals surface area contributed by atoms with Crippen molar-refractivity contribution in [2.24, 2.45) is 0 Å². The number of thiophene rings is 1. The highest BCUT2D eigenvalue weighted by Gasteiger charge is 2.03. The van der Waals surface area contributed by atoms with Crippen molar-refractivity contribution in [3.05, 3.63) is 28.0 Å². The zero-order chi connectivity index (χ0) is 9.84. The van der Waals surface area contributed by atoms with Crippen LogP contribution in [0.3, 0.4) is 0 Å². The number of aryl methyl sites for hydroxylation is 1. The Labute approximate surface area is 85.5 Å². The van der Waals surface area contributed by atoms with Crippen molar-refractivity contribution in [1.29, 1.82) is 0 Å². The molecule has 1 rings (SSSR count). The Morgan fingerprint density at radius 2 is 2.38 bits per heavy atom. The van der Waals surface area contributed by atoms with E-state index in [4.69, 9.17) is 16.7 Å². The van der Waals surface area contributed by atoms with Gasteiger partial charge in [-0.25, -0.2) is 4.79 Å². The normalized spacial score (nSPS) is 11.7. The van der Waals surface area contributed by atoms with Crippen molar-refractivity contribution in [2.45, 2.75) is 13.3 Å². The lowest BCUT2D eigenvalue weighted by Crippen LogP contribution is -1.86.